The number of rotatable bonds is 2. The fourth-order valence-electron chi connectivity index (χ4n) is 2.55. The lowest BCUT2D eigenvalue weighted by molar-refractivity contribution is 0.419. The van der Waals surface area contributed by atoms with Gasteiger partial charge in [-0.15, -0.1) is 0 Å². The van der Waals surface area contributed by atoms with Gasteiger partial charge in [-0.3, -0.25) is 0 Å². The highest BCUT2D eigenvalue weighted by atomic mass is 16.5. The summed E-state index contributed by atoms with van der Waals surface area (Å²) < 4.78 is 5.39. The van der Waals surface area contributed by atoms with Gasteiger partial charge in [0.1, 0.15) is 5.75 Å². The molecule has 0 aliphatic rings. The minimum Gasteiger partial charge on any atom is -0.495 e. The summed E-state index contributed by atoms with van der Waals surface area (Å²) in [5.41, 5.74) is 10.4. The van der Waals surface area contributed by atoms with Crippen LogP contribution in [0.3, 0.4) is 0 Å². The molecule has 3 N–H and O–H groups in total. The van der Waals surface area contributed by atoms with Crippen molar-refractivity contribution in [3.8, 4) is 5.75 Å². The summed E-state index contributed by atoms with van der Waals surface area (Å²) >= 11 is 0. The first-order valence-corrected chi connectivity index (χ1v) is 5.81. The van der Waals surface area contributed by atoms with Crippen molar-refractivity contribution in [3.63, 3.8) is 0 Å². The molecule has 0 bridgehead atoms. The zero-order valence-electron chi connectivity index (χ0n) is 11.1. The smallest absolute Gasteiger partial charge is 0.142 e. The zero-order valence-corrected chi connectivity index (χ0v) is 11.1. The Balaban J connectivity index is 2.91. The van der Waals surface area contributed by atoms with Crippen LogP contribution in [0.2, 0.25) is 0 Å². The number of nitrogens with two attached hydrogens (primary N) is 1. The molecular formula is C14H20N2O. The maximum absolute atomic E-state index is 6.27. The van der Waals surface area contributed by atoms with Crippen molar-refractivity contribution in [2.24, 2.45) is 5.73 Å². The first kappa shape index (κ1) is 12.0. The quantitative estimate of drug-likeness (QED) is 0.836. The number of aromatic nitrogens is 1. The van der Waals surface area contributed by atoms with Gasteiger partial charge in [-0.2, -0.15) is 0 Å². The number of benzene rings is 1. The highest BCUT2D eigenvalue weighted by Crippen LogP contribution is 2.36. The predicted octanol–water partition coefficient (Wildman–Crippen LogP) is 2.99. The number of H-pyrrole nitrogens is 1. The highest BCUT2D eigenvalue weighted by Gasteiger charge is 2.24. The van der Waals surface area contributed by atoms with Gasteiger partial charge in [-0.1, -0.05) is 6.07 Å². The molecule has 0 aliphatic carbocycles. The Bertz CT molecular complexity index is 562. The van der Waals surface area contributed by atoms with E-state index in [1.165, 1.54) is 16.5 Å². The number of fused-ring (bicyclic) bond motifs is 1. The number of hydrogen-bond donors (Lipinski definition) is 2. The Morgan fingerprint density at radius 2 is 1.88 bits per heavy atom. The van der Waals surface area contributed by atoms with E-state index >= 15 is 0 Å². The molecule has 1 aromatic heterocycles. The van der Waals surface area contributed by atoms with Crippen molar-refractivity contribution in [1.29, 1.82) is 0 Å². The Kier molecular flexibility index (Phi) is 2.66. The summed E-state index contributed by atoms with van der Waals surface area (Å²) in [4.78, 5) is 3.39. The van der Waals surface area contributed by atoms with E-state index in [-0.39, 0.29) is 5.54 Å². The SMILES string of the molecule is COc1ccc(C)c2c(C(C)(C)N)c(C)[nH]c12. The van der Waals surface area contributed by atoms with Crippen molar-refractivity contribution >= 4 is 10.9 Å². The molecule has 0 saturated carbocycles. The van der Waals surface area contributed by atoms with Crippen LogP contribution in [0, 0.1) is 13.8 Å². The first-order valence-electron chi connectivity index (χ1n) is 5.81. The molecule has 0 radical (unpaired) electrons. The molecule has 0 atom stereocenters. The standard InChI is InChI=1S/C14H20N2O/c1-8-6-7-10(17-5)13-11(8)12(9(2)16-13)14(3,4)15/h6-7,16H,15H2,1-5H3. The predicted molar refractivity (Wildman–Crippen MR) is 71.5 cm³/mol. The molecule has 3 heteroatoms. The van der Waals surface area contributed by atoms with Crippen LogP contribution < -0.4 is 10.5 Å². The minimum absolute atomic E-state index is 0.362. The molecule has 17 heavy (non-hydrogen) atoms. The molecule has 0 unspecified atom stereocenters. The lowest BCUT2D eigenvalue weighted by Gasteiger charge is -2.20. The van der Waals surface area contributed by atoms with Crippen molar-refractivity contribution < 1.29 is 4.74 Å². The van der Waals surface area contributed by atoms with Gasteiger partial charge in [-0.05, 0) is 39.3 Å². The maximum Gasteiger partial charge on any atom is 0.142 e. The monoisotopic (exact) mass is 232 g/mol. The highest BCUT2D eigenvalue weighted by molar-refractivity contribution is 5.93. The molecule has 0 saturated heterocycles. The van der Waals surface area contributed by atoms with E-state index in [1.807, 2.05) is 19.9 Å². The molecule has 1 aromatic carbocycles. The molecule has 0 fully saturated rings. The number of aryl methyl sites for hydroxylation is 2. The van der Waals surface area contributed by atoms with Gasteiger partial charge in [0.05, 0.1) is 12.6 Å². The van der Waals surface area contributed by atoms with Gasteiger partial charge in [0.15, 0.2) is 0 Å². The maximum atomic E-state index is 6.27. The molecule has 3 nitrogen and oxygen atoms in total. The molecular weight excluding hydrogens is 212 g/mol. The molecule has 0 amide bonds. The summed E-state index contributed by atoms with van der Waals surface area (Å²) in [6, 6.07) is 4.06. The number of hydrogen-bond acceptors (Lipinski definition) is 2. The Morgan fingerprint density at radius 3 is 2.41 bits per heavy atom. The van der Waals surface area contributed by atoms with Crippen molar-refractivity contribution in [2.45, 2.75) is 33.2 Å². The topological polar surface area (TPSA) is 51.0 Å². The minimum atomic E-state index is -0.362. The molecule has 0 aliphatic heterocycles. The average Bonchev–Trinajstić information content (AvgIpc) is 2.56. The zero-order chi connectivity index (χ0) is 12.8. The molecule has 92 valence electrons. The fraction of sp³-hybridized carbons (Fsp3) is 0.429. The summed E-state index contributed by atoms with van der Waals surface area (Å²) in [5, 5.41) is 1.19. The number of ether oxygens (including phenoxy) is 1. The van der Waals surface area contributed by atoms with Crippen molar-refractivity contribution in [2.75, 3.05) is 7.11 Å². The van der Waals surface area contributed by atoms with Crippen LogP contribution >= 0.6 is 0 Å². The number of nitrogens with one attached hydrogen (secondary N) is 1. The third-order valence-corrected chi connectivity index (χ3v) is 3.18. The van der Waals surface area contributed by atoms with Crippen LogP contribution in [0.15, 0.2) is 12.1 Å². The van der Waals surface area contributed by atoms with Gasteiger partial charge in [0, 0.05) is 22.2 Å². The second-order valence-corrected chi connectivity index (χ2v) is 5.18. The van der Waals surface area contributed by atoms with E-state index < -0.39 is 0 Å². The van der Waals surface area contributed by atoms with E-state index in [0.29, 0.717) is 0 Å². The fourth-order valence-corrected chi connectivity index (χ4v) is 2.55. The van der Waals surface area contributed by atoms with Crippen molar-refractivity contribution in [1.82, 2.24) is 4.98 Å². The van der Waals surface area contributed by atoms with Crippen LogP contribution in [-0.2, 0) is 5.54 Å². The third kappa shape index (κ3) is 1.80. The van der Waals surface area contributed by atoms with E-state index in [4.69, 9.17) is 10.5 Å². The Hall–Kier alpha value is -1.48. The van der Waals surface area contributed by atoms with Gasteiger partial charge in [0.2, 0.25) is 0 Å². The van der Waals surface area contributed by atoms with E-state index in [0.717, 1.165) is 17.0 Å². The van der Waals surface area contributed by atoms with Gasteiger partial charge in [0.25, 0.3) is 0 Å². The van der Waals surface area contributed by atoms with Crippen molar-refractivity contribution in [3.05, 3.63) is 29.0 Å². The second-order valence-electron chi connectivity index (χ2n) is 5.18. The lowest BCUT2D eigenvalue weighted by Crippen LogP contribution is -2.29. The van der Waals surface area contributed by atoms with Crippen LogP contribution in [0.1, 0.15) is 30.7 Å². The number of methoxy groups -OCH3 is 1. The van der Waals surface area contributed by atoms with Crippen LogP contribution in [0.4, 0.5) is 0 Å². The van der Waals surface area contributed by atoms with Crippen LogP contribution in [0.5, 0.6) is 5.75 Å². The summed E-state index contributed by atoms with van der Waals surface area (Å²) in [5.74, 6) is 0.865. The van der Waals surface area contributed by atoms with Gasteiger partial charge in [-0.25, -0.2) is 0 Å². The Labute approximate surface area is 102 Å². The van der Waals surface area contributed by atoms with Crippen LogP contribution in [0.25, 0.3) is 10.9 Å². The number of aromatic amines is 1. The Morgan fingerprint density at radius 1 is 1.24 bits per heavy atom. The molecule has 2 rings (SSSR count). The molecule has 0 spiro atoms. The third-order valence-electron chi connectivity index (χ3n) is 3.18. The van der Waals surface area contributed by atoms with Gasteiger partial charge >= 0.3 is 0 Å². The molecule has 1 heterocycles. The first-order chi connectivity index (χ1) is 7.86. The summed E-state index contributed by atoms with van der Waals surface area (Å²) in [7, 11) is 1.69. The summed E-state index contributed by atoms with van der Waals surface area (Å²) in [6.45, 7) is 8.22. The average molecular weight is 232 g/mol. The second kappa shape index (κ2) is 3.77. The normalized spacial score (nSPS) is 12.1. The largest absolute Gasteiger partial charge is 0.495 e. The van der Waals surface area contributed by atoms with E-state index in [2.05, 4.69) is 24.9 Å². The molecule has 2 aromatic rings. The summed E-state index contributed by atoms with van der Waals surface area (Å²) in [6.07, 6.45) is 0. The van der Waals surface area contributed by atoms with E-state index in [9.17, 15) is 0 Å². The van der Waals surface area contributed by atoms with Gasteiger partial charge < -0.3 is 15.5 Å². The lowest BCUT2D eigenvalue weighted by atomic mass is 9.91. The van der Waals surface area contributed by atoms with Crippen LogP contribution in [-0.4, -0.2) is 12.1 Å². The van der Waals surface area contributed by atoms with E-state index in [1.54, 1.807) is 7.11 Å².